The van der Waals surface area contributed by atoms with Crippen LogP contribution in [-0.2, 0) is 19.7 Å². The third-order valence-corrected chi connectivity index (χ3v) is 5.05. The first-order valence-corrected chi connectivity index (χ1v) is 9.61. The molecule has 2 atom stereocenters. The van der Waals surface area contributed by atoms with Gasteiger partial charge in [0, 0.05) is 5.69 Å². The van der Waals surface area contributed by atoms with Crippen molar-refractivity contribution in [3.8, 4) is 0 Å². The summed E-state index contributed by atoms with van der Waals surface area (Å²) in [5.74, 6) is -1.76. The molecular weight excluding hydrogens is 368 g/mol. The van der Waals surface area contributed by atoms with Gasteiger partial charge in [-0.1, -0.05) is 51.1 Å². The highest BCUT2D eigenvalue weighted by Crippen LogP contribution is 2.41. The van der Waals surface area contributed by atoms with Gasteiger partial charge in [-0.3, -0.25) is 9.59 Å². The predicted octanol–water partition coefficient (Wildman–Crippen LogP) is 3.98. The van der Waals surface area contributed by atoms with Crippen molar-refractivity contribution in [3.05, 3.63) is 59.7 Å². The first-order valence-electron chi connectivity index (χ1n) is 9.61. The lowest BCUT2D eigenvalue weighted by Gasteiger charge is -2.23. The molecule has 0 bridgehead atoms. The number of methoxy groups -OCH3 is 1. The maximum atomic E-state index is 12.7. The van der Waals surface area contributed by atoms with E-state index in [1.165, 1.54) is 7.11 Å². The Kier molecular flexibility index (Phi) is 5.73. The van der Waals surface area contributed by atoms with E-state index in [0.29, 0.717) is 12.1 Å². The fraction of sp³-hybridized carbons (Fsp3) is 0.348. The molecule has 2 N–H and O–H groups in total. The smallest absolute Gasteiger partial charge is 0.339 e. The SMILES string of the molecule is COC(=O)c1ccccc1NC(=O)C1CC1C(=O)Nc1ccccc1C(C)(C)C. The average Bonchev–Trinajstić information content (AvgIpc) is 3.48. The number of hydrogen-bond acceptors (Lipinski definition) is 4. The molecule has 0 radical (unpaired) electrons. The Morgan fingerprint density at radius 2 is 1.38 bits per heavy atom. The van der Waals surface area contributed by atoms with Gasteiger partial charge >= 0.3 is 5.97 Å². The summed E-state index contributed by atoms with van der Waals surface area (Å²) in [4.78, 5) is 37.1. The Hall–Kier alpha value is -3.15. The Balaban J connectivity index is 1.66. The molecule has 0 saturated heterocycles. The van der Waals surface area contributed by atoms with Gasteiger partial charge in [-0.2, -0.15) is 0 Å². The first-order chi connectivity index (χ1) is 13.7. The molecule has 2 unspecified atom stereocenters. The topological polar surface area (TPSA) is 84.5 Å². The summed E-state index contributed by atoms with van der Waals surface area (Å²) in [6.45, 7) is 6.26. The van der Waals surface area contributed by atoms with Crippen molar-refractivity contribution in [2.45, 2.75) is 32.6 Å². The van der Waals surface area contributed by atoms with E-state index in [2.05, 4.69) is 31.4 Å². The van der Waals surface area contributed by atoms with Crippen LogP contribution in [0.2, 0.25) is 0 Å². The third-order valence-electron chi connectivity index (χ3n) is 5.05. The molecule has 0 aliphatic heterocycles. The van der Waals surface area contributed by atoms with Gasteiger partial charge in [-0.25, -0.2) is 4.79 Å². The highest BCUT2D eigenvalue weighted by atomic mass is 16.5. The maximum absolute atomic E-state index is 12.7. The van der Waals surface area contributed by atoms with Crippen LogP contribution in [0.15, 0.2) is 48.5 Å². The molecule has 2 aromatic rings. The second-order valence-corrected chi connectivity index (χ2v) is 8.26. The normalized spacial score (nSPS) is 17.9. The standard InChI is InChI=1S/C23H26N2O4/c1-23(2,3)17-10-6-8-12-19(17)25-21(27)16-13-15(16)20(26)24-18-11-7-5-9-14(18)22(28)29-4/h5-12,15-16H,13H2,1-4H3,(H,24,26)(H,25,27). The van der Waals surface area contributed by atoms with E-state index >= 15 is 0 Å². The number of anilines is 2. The zero-order valence-corrected chi connectivity index (χ0v) is 17.1. The molecule has 1 aliphatic rings. The Morgan fingerprint density at radius 3 is 1.97 bits per heavy atom. The summed E-state index contributed by atoms with van der Waals surface area (Å²) >= 11 is 0. The molecule has 0 aromatic heterocycles. The van der Waals surface area contributed by atoms with E-state index in [9.17, 15) is 14.4 Å². The lowest BCUT2D eigenvalue weighted by Crippen LogP contribution is -2.23. The fourth-order valence-corrected chi connectivity index (χ4v) is 3.35. The molecule has 0 spiro atoms. The highest BCUT2D eigenvalue weighted by molar-refractivity contribution is 6.06. The summed E-state index contributed by atoms with van der Waals surface area (Å²) in [5.41, 5.74) is 2.37. The number of ether oxygens (including phenoxy) is 1. The molecule has 1 fully saturated rings. The van der Waals surface area contributed by atoms with Crippen LogP contribution in [0.3, 0.4) is 0 Å². The quantitative estimate of drug-likeness (QED) is 0.751. The molecule has 6 heteroatoms. The van der Waals surface area contributed by atoms with Gasteiger partial charge in [0.05, 0.1) is 30.2 Å². The van der Waals surface area contributed by atoms with Crippen LogP contribution in [0.25, 0.3) is 0 Å². The summed E-state index contributed by atoms with van der Waals surface area (Å²) in [6.07, 6.45) is 0.482. The first kappa shape index (κ1) is 20.6. The van der Waals surface area contributed by atoms with E-state index in [-0.39, 0.29) is 28.7 Å². The highest BCUT2D eigenvalue weighted by Gasteiger charge is 2.48. The summed E-state index contributed by atoms with van der Waals surface area (Å²) in [5, 5.41) is 5.73. The number of amides is 2. The van der Waals surface area contributed by atoms with Crippen molar-refractivity contribution in [3.63, 3.8) is 0 Å². The summed E-state index contributed by atoms with van der Waals surface area (Å²) in [7, 11) is 1.29. The predicted molar refractivity (Wildman–Crippen MR) is 112 cm³/mol. The van der Waals surface area contributed by atoms with Crippen LogP contribution in [0, 0.1) is 11.8 Å². The van der Waals surface area contributed by atoms with Crippen LogP contribution in [0.5, 0.6) is 0 Å². The Labute approximate surface area is 170 Å². The molecule has 0 heterocycles. The number of carbonyl (C=O) groups excluding carboxylic acids is 3. The zero-order valence-electron chi connectivity index (χ0n) is 17.1. The minimum absolute atomic E-state index is 0.109. The summed E-state index contributed by atoms with van der Waals surface area (Å²) in [6, 6.07) is 14.3. The van der Waals surface area contributed by atoms with E-state index in [1.807, 2.05) is 24.3 Å². The second-order valence-electron chi connectivity index (χ2n) is 8.26. The number of esters is 1. The van der Waals surface area contributed by atoms with Gasteiger partial charge in [-0.05, 0) is 35.6 Å². The van der Waals surface area contributed by atoms with Crippen LogP contribution < -0.4 is 10.6 Å². The molecule has 3 rings (SSSR count). The molecule has 152 valence electrons. The Morgan fingerprint density at radius 1 is 0.862 bits per heavy atom. The number of benzene rings is 2. The lowest BCUT2D eigenvalue weighted by atomic mass is 9.86. The molecule has 6 nitrogen and oxygen atoms in total. The van der Waals surface area contributed by atoms with Gasteiger partial charge in [0.2, 0.25) is 11.8 Å². The average molecular weight is 394 g/mol. The fourth-order valence-electron chi connectivity index (χ4n) is 3.35. The number of nitrogens with one attached hydrogen (secondary N) is 2. The monoisotopic (exact) mass is 394 g/mol. The zero-order chi connectivity index (χ0) is 21.2. The minimum atomic E-state index is -0.523. The van der Waals surface area contributed by atoms with E-state index < -0.39 is 11.9 Å². The number of hydrogen-bond donors (Lipinski definition) is 2. The molecule has 2 amide bonds. The minimum Gasteiger partial charge on any atom is -0.465 e. The number of rotatable bonds is 5. The van der Waals surface area contributed by atoms with Crippen LogP contribution in [0.1, 0.15) is 43.1 Å². The van der Waals surface area contributed by atoms with E-state index in [4.69, 9.17) is 4.74 Å². The van der Waals surface area contributed by atoms with Crippen LogP contribution >= 0.6 is 0 Å². The van der Waals surface area contributed by atoms with E-state index in [1.54, 1.807) is 24.3 Å². The van der Waals surface area contributed by atoms with Crippen molar-refractivity contribution in [1.82, 2.24) is 0 Å². The van der Waals surface area contributed by atoms with Crippen LogP contribution in [-0.4, -0.2) is 24.9 Å². The Bertz CT molecular complexity index is 946. The van der Waals surface area contributed by atoms with Gasteiger partial charge < -0.3 is 15.4 Å². The third kappa shape index (κ3) is 4.65. The molecule has 1 saturated carbocycles. The largest absolute Gasteiger partial charge is 0.465 e. The maximum Gasteiger partial charge on any atom is 0.339 e. The number of para-hydroxylation sites is 2. The number of carbonyl (C=O) groups is 3. The van der Waals surface area contributed by atoms with Crippen molar-refractivity contribution >= 4 is 29.2 Å². The second kappa shape index (κ2) is 8.07. The molecule has 2 aromatic carbocycles. The summed E-state index contributed by atoms with van der Waals surface area (Å²) < 4.78 is 4.74. The van der Waals surface area contributed by atoms with Crippen molar-refractivity contribution < 1.29 is 19.1 Å². The van der Waals surface area contributed by atoms with Gasteiger partial charge in [0.1, 0.15) is 0 Å². The van der Waals surface area contributed by atoms with E-state index in [0.717, 1.165) is 11.3 Å². The van der Waals surface area contributed by atoms with Gasteiger partial charge in [-0.15, -0.1) is 0 Å². The van der Waals surface area contributed by atoms with Crippen molar-refractivity contribution in [2.24, 2.45) is 11.8 Å². The van der Waals surface area contributed by atoms with Gasteiger partial charge in [0.25, 0.3) is 0 Å². The lowest BCUT2D eigenvalue weighted by molar-refractivity contribution is -0.122. The van der Waals surface area contributed by atoms with Gasteiger partial charge in [0.15, 0.2) is 0 Å². The van der Waals surface area contributed by atoms with Crippen LogP contribution in [0.4, 0.5) is 11.4 Å². The molecule has 29 heavy (non-hydrogen) atoms. The van der Waals surface area contributed by atoms with Crippen molar-refractivity contribution in [2.75, 3.05) is 17.7 Å². The van der Waals surface area contributed by atoms with Crippen molar-refractivity contribution in [1.29, 1.82) is 0 Å². The molecular formula is C23H26N2O4. The molecule has 1 aliphatic carbocycles.